The number of carbonyl (C=O) groups is 1. The normalized spacial score (nSPS) is 10.9. The number of pyridine rings is 1. The van der Waals surface area contributed by atoms with Crippen LogP contribution in [0.5, 0.6) is 0 Å². The largest absolute Gasteiger partial charge is 0.465 e. The first-order valence-electron chi connectivity index (χ1n) is 8.19. The number of rotatable bonds is 3. The van der Waals surface area contributed by atoms with E-state index in [9.17, 15) is 9.18 Å². The highest BCUT2D eigenvalue weighted by Crippen LogP contribution is 2.23. The van der Waals surface area contributed by atoms with Gasteiger partial charge >= 0.3 is 7.52 Å². The molecule has 0 aliphatic rings. The Hall–Kier alpha value is -3.19. The van der Waals surface area contributed by atoms with Crippen LogP contribution in [0.3, 0.4) is 0 Å². The molecule has 0 aliphatic heterocycles. The minimum absolute atomic E-state index is 0.352. The minimum atomic E-state index is -1.16. The van der Waals surface area contributed by atoms with E-state index in [0.717, 1.165) is 16.5 Å². The van der Waals surface area contributed by atoms with Crippen molar-refractivity contribution in [2.24, 2.45) is 5.16 Å². The Bertz CT molecular complexity index is 1010. The van der Waals surface area contributed by atoms with Gasteiger partial charge in [-0.2, -0.15) is 0 Å². The van der Waals surface area contributed by atoms with Crippen molar-refractivity contribution in [1.82, 2.24) is 4.98 Å². The summed E-state index contributed by atoms with van der Waals surface area (Å²) in [6.07, 6.45) is 0.219. The standard InChI is InChI=1S/C12H11ClN2O.C7H6FNO2/c1-7-3-8(2)11-9(4-7)5-10(6-14-16)12(13)15-11;8-5-1-3-6(4-2-5)9-7(10)11/h3-6,16H,1-2H3;1-4,9H,(H,10,11)/i/hD. The third-order valence-corrected chi connectivity index (χ3v) is 3.82. The van der Waals surface area contributed by atoms with Gasteiger partial charge in [0.05, 0.1) is 11.7 Å². The molecular formula is C19H17ClFN3O3. The molecule has 0 unspecified atom stereocenters. The van der Waals surface area contributed by atoms with Gasteiger partial charge in [-0.1, -0.05) is 28.4 Å². The molecule has 0 aliphatic carbocycles. The fraction of sp³-hybridized carbons (Fsp3) is 0.105. The van der Waals surface area contributed by atoms with Crippen LogP contribution in [0.4, 0.5) is 14.9 Å². The summed E-state index contributed by atoms with van der Waals surface area (Å²) in [5.74, 6) is -0.388. The quantitative estimate of drug-likeness (QED) is 0.247. The summed E-state index contributed by atoms with van der Waals surface area (Å²) in [6, 6.07) is 11.0. The molecule has 3 N–H and O–H groups in total. The van der Waals surface area contributed by atoms with Crippen LogP contribution in [0, 0.1) is 19.7 Å². The second-order valence-electron chi connectivity index (χ2n) is 5.69. The zero-order valence-electron chi connectivity index (χ0n) is 15.5. The van der Waals surface area contributed by atoms with Gasteiger partial charge in [-0.15, -0.1) is 0 Å². The summed E-state index contributed by atoms with van der Waals surface area (Å²) in [6.45, 7) is 4.03. The number of aryl methyl sites for hydroxylation is 2. The number of hydrogen-bond donors (Lipinski definition) is 3. The van der Waals surface area contributed by atoms with Crippen molar-refractivity contribution in [3.8, 4) is 0 Å². The molecule has 1 amide bonds. The lowest BCUT2D eigenvalue weighted by Crippen LogP contribution is -2.06. The van der Waals surface area contributed by atoms with Crippen LogP contribution in [0.25, 0.3) is 10.9 Å². The average molecular weight is 391 g/mol. The van der Waals surface area contributed by atoms with E-state index < -0.39 is 6.09 Å². The number of halogens is 2. The summed E-state index contributed by atoms with van der Waals surface area (Å²) in [7, 11) is 0. The second kappa shape index (κ2) is 8.95. The Labute approximate surface area is 161 Å². The van der Waals surface area contributed by atoms with Gasteiger partial charge in [0.25, 0.3) is 0 Å². The molecule has 0 saturated heterocycles. The maximum Gasteiger partial charge on any atom is 0.409 e. The highest BCUT2D eigenvalue weighted by atomic mass is 35.5. The lowest BCUT2D eigenvalue weighted by molar-refractivity contribution is 0.209. The first-order valence-corrected chi connectivity index (χ1v) is 8.16. The number of anilines is 1. The Morgan fingerprint density at radius 2 is 2.00 bits per heavy atom. The Kier molecular flexibility index (Phi) is 6.17. The van der Waals surface area contributed by atoms with Crippen LogP contribution < -0.4 is 5.32 Å². The van der Waals surface area contributed by atoms with Crippen molar-refractivity contribution < 1.29 is 20.9 Å². The smallest absolute Gasteiger partial charge is 0.409 e. The minimum Gasteiger partial charge on any atom is -0.465 e. The molecular weight excluding hydrogens is 373 g/mol. The summed E-state index contributed by atoms with van der Waals surface area (Å²) < 4.78 is 18.7. The van der Waals surface area contributed by atoms with Gasteiger partial charge < -0.3 is 10.3 Å². The number of nitrogens with one attached hydrogen (secondary N) is 1. The van der Waals surface area contributed by atoms with Crippen LogP contribution in [0.1, 0.15) is 16.7 Å². The summed E-state index contributed by atoms with van der Waals surface area (Å²) in [4.78, 5) is 14.4. The van der Waals surface area contributed by atoms with Crippen LogP contribution in [-0.4, -0.2) is 27.6 Å². The SMILES string of the molecule is O=C(O)Nc1ccc(F)cc1.[2H]ON=Cc1cc2cc(C)cc(C)c2nc1Cl. The lowest BCUT2D eigenvalue weighted by atomic mass is 10.1. The van der Waals surface area contributed by atoms with Gasteiger partial charge in [0, 0.05) is 16.6 Å². The molecule has 6 nitrogen and oxygen atoms in total. The van der Waals surface area contributed by atoms with Crippen molar-refractivity contribution in [3.63, 3.8) is 0 Å². The summed E-state index contributed by atoms with van der Waals surface area (Å²) in [5, 5.41) is 18.9. The molecule has 8 heteroatoms. The molecule has 0 saturated carbocycles. The number of benzene rings is 2. The monoisotopic (exact) mass is 390 g/mol. The topological polar surface area (TPSA) is 94.8 Å². The van der Waals surface area contributed by atoms with Gasteiger partial charge in [0.15, 0.2) is 0 Å². The molecule has 0 atom stereocenters. The Balaban J connectivity index is 0.000000221. The average Bonchev–Trinajstić information content (AvgIpc) is 2.63. The third-order valence-electron chi connectivity index (χ3n) is 3.52. The van der Waals surface area contributed by atoms with Gasteiger partial charge in [-0.3, -0.25) is 5.32 Å². The number of fused-ring (bicyclic) bond motifs is 1. The van der Waals surface area contributed by atoms with E-state index in [0.29, 0.717) is 16.4 Å². The predicted octanol–water partition coefficient (Wildman–Crippen LogP) is 5.23. The molecule has 3 aromatic rings. The molecule has 140 valence electrons. The zero-order chi connectivity index (χ0) is 20.7. The van der Waals surface area contributed by atoms with E-state index in [1.807, 2.05) is 26.0 Å². The van der Waals surface area contributed by atoms with E-state index in [4.69, 9.17) is 18.1 Å². The van der Waals surface area contributed by atoms with Gasteiger partial charge in [0.1, 0.15) is 11.0 Å². The summed E-state index contributed by atoms with van der Waals surface area (Å²) >= 11 is 6.03. The fourth-order valence-corrected chi connectivity index (χ4v) is 2.64. The highest BCUT2D eigenvalue weighted by Gasteiger charge is 2.06. The van der Waals surface area contributed by atoms with Crippen molar-refractivity contribution >= 4 is 40.5 Å². The van der Waals surface area contributed by atoms with E-state index in [1.54, 1.807) is 0 Å². The first kappa shape index (κ1) is 18.6. The third kappa shape index (κ3) is 5.65. The number of hydrogen-bond acceptors (Lipinski definition) is 4. The van der Waals surface area contributed by atoms with E-state index in [1.165, 1.54) is 36.0 Å². The fourth-order valence-electron chi connectivity index (χ4n) is 2.45. The molecule has 0 fully saturated rings. The molecule has 0 bridgehead atoms. The maximum atomic E-state index is 12.2. The Morgan fingerprint density at radius 1 is 1.30 bits per heavy atom. The number of carboxylic acid groups (broad SMARTS) is 1. The molecule has 3 rings (SSSR count). The number of nitrogens with zero attached hydrogens (tertiary/aromatic N) is 2. The maximum absolute atomic E-state index is 12.2. The van der Waals surface area contributed by atoms with Crippen molar-refractivity contribution in [1.29, 1.82) is 0 Å². The van der Waals surface area contributed by atoms with Gasteiger partial charge in [-0.05, 0) is 55.8 Å². The molecule has 27 heavy (non-hydrogen) atoms. The number of oxime groups is 1. The predicted molar refractivity (Wildman–Crippen MR) is 104 cm³/mol. The van der Waals surface area contributed by atoms with Crippen LogP contribution in [-0.2, 0) is 0 Å². The highest BCUT2D eigenvalue weighted by molar-refractivity contribution is 6.32. The van der Waals surface area contributed by atoms with E-state index in [-0.39, 0.29) is 5.82 Å². The molecule has 1 heterocycles. The number of amides is 1. The lowest BCUT2D eigenvalue weighted by Gasteiger charge is -2.05. The summed E-state index contributed by atoms with van der Waals surface area (Å²) in [5.41, 5.74) is 4.13. The second-order valence-corrected chi connectivity index (χ2v) is 6.05. The van der Waals surface area contributed by atoms with Gasteiger partial charge in [-0.25, -0.2) is 14.2 Å². The first-order chi connectivity index (χ1) is 13.3. The van der Waals surface area contributed by atoms with Crippen molar-refractivity contribution in [3.05, 3.63) is 70.1 Å². The molecule has 2 aromatic carbocycles. The van der Waals surface area contributed by atoms with Crippen molar-refractivity contribution in [2.45, 2.75) is 13.8 Å². The van der Waals surface area contributed by atoms with Crippen LogP contribution >= 0.6 is 11.6 Å². The van der Waals surface area contributed by atoms with Crippen LogP contribution in [0.2, 0.25) is 6.58 Å². The van der Waals surface area contributed by atoms with Crippen LogP contribution in [0.15, 0.2) is 47.6 Å². The number of aromatic nitrogens is 1. The molecule has 0 radical (unpaired) electrons. The van der Waals surface area contributed by atoms with Gasteiger partial charge in [0.2, 0.25) is 0 Å². The molecule has 0 spiro atoms. The Morgan fingerprint density at radius 3 is 2.63 bits per heavy atom. The van der Waals surface area contributed by atoms with E-state index in [2.05, 4.69) is 26.7 Å². The van der Waals surface area contributed by atoms with E-state index >= 15 is 0 Å². The molecule has 1 aromatic heterocycles. The van der Waals surface area contributed by atoms with Crippen molar-refractivity contribution in [2.75, 3.05) is 5.32 Å². The zero-order valence-corrected chi connectivity index (χ0v) is 15.3.